The van der Waals surface area contributed by atoms with Crippen molar-refractivity contribution in [1.29, 1.82) is 0 Å². The number of aromatic hydroxyl groups is 1. The van der Waals surface area contributed by atoms with Gasteiger partial charge in [0.25, 0.3) is 0 Å². The van der Waals surface area contributed by atoms with Gasteiger partial charge < -0.3 is 5.11 Å². The van der Waals surface area contributed by atoms with E-state index >= 15 is 0 Å². The SMILES string of the molecule is CCN(CC)Cc1cc(C(C)(C)C)ccc1O. The molecule has 0 amide bonds. The third kappa shape index (κ3) is 3.74. The van der Waals surface area contributed by atoms with Crippen molar-refractivity contribution in [3.8, 4) is 5.75 Å². The summed E-state index contributed by atoms with van der Waals surface area (Å²) in [5, 5.41) is 9.91. The first kappa shape index (κ1) is 14.0. The number of phenolic OH excluding ortho intramolecular Hbond substituents is 1. The average Bonchev–Trinajstić information content (AvgIpc) is 2.26. The van der Waals surface area contributed by atoms with Crippen molar-refractivity contribution in [3.05, 3.63) is 29.3 Å². The van der Waals surface area contributed by atoms with Crippen molar-refractivity contribution in [2.24, 2.45) is 0 Å². The highest BCUT2D eigenvalue weighted by molar-refractivity contribution is 5.38. The van der Waals surface area contributed by atoms with Crippen LogP contribution in [0.4, 0.5) is 0 Å². The van der Waals surface area contributed by atoms with Crippen LogP contribution in [0.2, 0.25) is 0 Å². The Labute approximate surface area is 105 Å². The fourth-order valence-corrected chi connectivity index (χ4v) is 1.87. The van der Waals surface area contributed by atoms with E-state index in [2.05, 4.69) is 45.6 Å². The molecule has 1 aromatic carbocycles. The lowest BCUT2D eigenvalue weighted by Gasteiger charge is -2.23. The highest BCUT2D eigenvalue weighted by Gasteiger charge is 2.16. The molecule has 0 unspecified atom stereocenters. The standard InChI is InChI=1S/C15H25NO/c1-6-16(7-2)11-12-10-13(15(3,4)5)8-9-14(12)17/h8-10,17H,6-7,11H2,1-5H3. The Bertz CT molecular complexity index is 362. The van der Waals surface area contributed by atoms with Crippen molar-refractivity contribution < 1.29 is 5.11 Å². The number of hydrogen-bond donors (Lipinski definition) is 1. The van der Waals surface area contributed by atoms with Crippen LogP contribution in [0.25, 0.3) is 0 Å². The Kier molecular flexibility index (Phi) is 4.58. The monoisotopic (exact) mass is 235 g/mol. The number of phenols is 1. The van der Waals surface area contributed by atoms with Crippen molar-refractivity contribution >= 4 is 0 Å². The van der Waals surface area contributed by atoms with E-state index in [9.17, 15) is 5.11 Å². The van der Waals surface area contributed by atoms with E-state index in [1.807, 2.05) is 12.1 Å². The fourth-order valence-electron chi connectivity index (χ4n) is 1.87. The third-order valence-corrected chi connectivity index (χ3v) is 3.23. The Hall–Kier alpha value is -1.02. The Morgan fingerprint density at radius 2 is 1.71 bits per heavy atom. The normalized spacial score (nSPS) is 12.1. The second-order valence-corrected chi connectivity index (χ2v) is 5.55. The topological polar surface area (TPSA) is 23.5 Å². The van der Waals surface area contributed by atoms with Crippen LogP contribution in [0.15, 0.2) is 18.2 Å². The van der Waals surface area contributed by atoms with Gasteiger partial charge in [-0.3, -0.25) is 4.90 Å². The molecule has 0 spiro atoms. The Morgan fingerprint density at radius 3 is 2.18 bits per heavy atom. The van der Waals surface area contributed by atoms with Gasteiger partial charge in [-0.15, -0.1) is 0 Å². The first-order chi connectivity index (χ1) is 7.88. The molecule has 0 aliphatic carbocycles. The first-order valence-corrected chi connectivity index (χ1v) is 6.43. The maximum absolute atomic E-state index is 9.91. The predicted molar refractivity (Wildman–Crippen MR) is 73.4 cm³/mol. The molecule has 96 valence electrons. The second-order valence-electron chi connectivity index (χ2n) is 5.55. The lowest BCUT2D eigenvalue weighted by atomic mass is 9.86. The minimum absolute atomic E-state index is 0.131. The molecule has 0 radical (unpaired) electrons. The van der Waals surface area contributed by atoms with Crippen molar-refractivity contribution in [2.45, 2.75) is 46.6 Å². The minimum atomic E-state index is 0.131. The molecule has 0 saturated carbocycles. The molecular formula is C15H25NO. The van der Waals surface area contributed by atoms with Crippen LogP contribution in [0.3, 0.4) is 0 Å². The summed E-state index contributed by atoms with van der Waals surface area (Å²) in [5.41, 5.74) is 2.43. The van der Waals surface area contributed by atoms with Gasteiger partial charge in [0.15, 0.2) is 0 Å². The Balaban J connectivity index is 2.98. The van der Waals surface area contributed by atoms with E-state index in [-0.39, 0.29) is 5.41 Å². The van der Waals surface area contributed by atoms with E-state index in [0.29, 0.717) is 5.75 Å². The lowest BCUT2D eigenvalue weighted by molar-refractivity contribution is 0.290. The molecule has 0 atom stereocenters. The van der Waals surface area contributed by atoms with Gasteiger partial charge in [-0.05, 0) is 30.1 Å². The van der Waals surface area contributed by atoms with Gasteiger partial charge in [-0.1, -0.05) is 46.8 Å². The van der Waals surface area contributed by atoms with Crippen LogP contribution in [0.1, 0.15) is 45.7 Å². The van der Waals surface area contributed by atoms with Gasteiger partial charge in [0.05, 0.1) is 0 Å². The van der Waals surface area contributed by atoms with Crippen LogP contribution in [-0.2, 0) is 12.0 Å². The quantitative estimate of drug-likeness (QED) is 0.863. The molecule has 1 N–H and O–H groups in total. The maximum Gasteiger partial charge on any atom is 0.120 e. The Morgan fingerprint density at radius 1 is 1.12 bits per heavy atom. The van der Waals surface area contributed by atoms with Crippen LogP contribution in [0.5, 0.6) is 5.75 Å². The first-order valence-electron chi connectivity index (χ1n) is 6.43. The molecule has 0 bridgehead atoms. The van der Waals surface area contributed by atoms with E-state index in [4.69, 9.17) is 0 Å². The molecule has 17 heavy (non-hydrogen) atoms. The molecule has 0 heterocycles. The summed E-state index contributed by atoms with van der Waals surface area (Å²) in [5.74, 6) is 0.407. The summed E-state index contributed by atoms with van der Waals surface area (Å²) in [6.07, 6.45) is 0. The van der Waals surface area contributed by atoms with Crippen molar-refractivity contribution in [1.82, 2.24) is 4.90 Å². The fraction of sp³-hybridized carbons (Fsp3) is 0.600. The zero-order valence-electron chi connectivity index (χ0n) is 11.7. The zero-order valence-corrected chi connectivity index (χ0v) is 11.7. The summed E-state index contributed by atoms with van der Waals surface area (Å²) in [6.45, 7) is 13.7. The van der Waals surface area contributed by atoms with Gasteiger partial charge in [0, 0.05) is 12.1 Å². The maximum atomic E-state index is 9.91. The van der Waals surface area contributed by atoms with E-state index in [0.717, 1.165) is 25.2 Å². The molecule has 1 aromatic rings. The lowest BCUT2D eigenvalue weighted by Crippen LogP contribution is -2.22. The van der Waals surface area contributed by atoms with Crippen molar-refractivity contribution in [3.63, 3.8) is 0 Å². The third-order valence-electron chi connectivity index (χ3n) is 3.23. The summed E-state index contributed by atoms with van der Waals surface area (Å²) in [6, 6.07) is 5.97. The summed E-state index contributed by atoms with van der Waals surface area (Å²) < 4.78 is 0. The molecule has 2 nitrogen and oxygen atoms in total. The van der Waals surface area contributed by atoms with E-state index in [1.54, 1.807) is 0 Å². The van der Waals surface area contributed by atoms with Gasteiger partial charge in [0.1, 0.15) is 5.75 Å². The molecular weight excluding hydrogens is 210 g/mol. The van der Waals surface area contributed by atoms with Gasteiger partial charge >= 0.3 is 0 Å². The van der Waals surface area contributed by atoms with Crippen LogP contribution in [-0.4, -0.2) is 23.1 Å². The van der Waals surface area contributed by atoms with Crippen LogP contribution in [0, 0.1) is 0 Å². The summed E-state index contributed by atoms with van der Waals surface area (Å²) in [4.78, 5) is 2.31. The molecule has 0 aliphatic heterocycles. The van der Waals surface area contributed by atoms with E-state index in [1.165, 1.54) is 5.56 Å². The molecule has 2 heteroatoms. The van der Waals surface area contributed by atoms with E-state index < -0.39 is 0 Å². The van der Waals surface area contributed by atoms with Crippen molar-refractivity contribution in [2.75, 3.05) is 13.1 Å². The van der Waals surface area contributed by atoms with Crippen LogP contribution < -0.4 is 0 Å². The molecule has 1 rings (SSSR count). The second kappa shape index (κ2) is 5.54. The number of rotatable bonds is 4. The highest BCUT2D eigenvalue weighted by Crippen LogP contribution is 2.28. The van der Waals surface area contributed by atoms with Gasteiger partial charge in [0.2, 0.25) is 0 Å². The number of hydrogen-bond acceptors (Lipinski definition) is 2. The summed E-state index contributed by atoms with van der Waals surface area (Å²) >= 11 is 0. The largest absolute Gasteiger partial charge is 0.508 e. The average molecular weight is 235 g/mol. The predicted octanol–water partition coefficient (Wildman–Crippen LogP) is 3.53. The number of benzene rings is 1. The minimum Gasteiger partial charge on any atom is -0.508 e. The number of nitrogens with zero attached hydrogens (tertiary/aromatic N) is 1. The molecule has 0 fully saturated rings. The summed E-state index contributed by atoms with van der Waals surface area (Å²) in [7, 11) is 0. The molecule has 0 aromatic heterocycles. The smallest absolute Gasteiger partial charge is 0.120 e. The van der Waals surface area contributed by atoms with Gasteiger partial charge in [-0.2, -0.15) is 0 Å². The van der Waals surface area contributed by atoms with Crippen LogP contribution >= 0.6 is 0 Å². The van der Waals surface area contributed by atoms with Gasteiger partial charge in [-0.25, -0.2) is 0 Å². The zero-order chi connectivity index (χ0) is 13.1. The highest BCUT2D eigenvalue weighted by atomic mass is 16.3. The molecule has 0 aliphatic rings. The molecule has 0 saturated heterocycles.